The Morgan fingerprint density at radius 2 is 1.69 bits per heavy atom. The quantitative estimate of drug-likeness (QED) is 0.199. The smallest absolute Gasteiger partial charge is 0.326 e. The molecule has 0 saturated carbocycles. The second kappa shape index (κ2) is 12.5. The molecular formula is C23H31N5O7. The molecule has 12 heteroatoms. The number of aromatic amines is 1. The second-order valence-corrected chi connectivity index (χ2v) is 8.63. The Morgan fingerprint density at radius 1 is 1.00 bits per heavy atom. The zero-order chi connectivity index (χ0) is 26.1. The van der Waals surface area contributed by atoms with E-state index in [0.29, 0.717) is 0 Å². The molecule has 3 unspecified atom stereocenters. The summed E-state index contributed by atoms with van der Waals surface area (Å²) in [5.74, 6) is -5.07. The summed E-state index contributed by atoms with van der Waals surface area (Å²) in [6, 6.07) is 3.80. The van der Waals surface area contributed by atoms with Crippen LogP contribution >= 0.6 is 0 Å². The average molecular weight is 490 g/mol. The highest BCUT2D eigenvalue weighted by molar-refractivity contribution is 5.94. The normalized spacial score (nSPS) is 13.6. The van der Waals surface area contributed by atoms with E-state index in [4.69, 9.17) is 10.8 Å². The van der Waals surface area contributed by atoms with E-state index in [9.17, 15) is 29.1 Å². The highest BCUT2D eigenvalue weighted by Crippen LogP contribution is 2.18. The van der Waals surface area contributed by atoms with E-state index in [-0.39, 0.29) is 18.8 Å². The summed E-state index contributed by atoms with van der Waals surface area (Å²) in [5, 5.41) is 26.1. The first-order valence-corrected chi connectivity index (χ1v) is 11.1. The number of nitrogens with one attached hydrogen (secondary N) is 4. The molecule has 0 aliphatic carbocycles. The molecule has 0 fully saturated rings. The van der Waals surface area contributed by atoms with E-state index >= 15 is 0 Å². The summed E-state index contributed by atoms with van der Waals surface area (Å²) in [7, 11) is 0. The van der Waals surface area contributed by atoms with Crippen LogP contribution in [0.25, 0.3) is 10.9 Å². The molecule has 8 N–H and O–H groups in total. The first kappa shape index (κ1) is 27.3. The first-order valence-electron chi connectivity index (χ1n) is 11.1. The van der Waals surface area contributed by atoms with Gasteiger partial charge in [0.05, 0.1) is 19.0 Å². The number of carbonyl (C=O) groups excluding carboxylic acids is 3. The number of rotatable bonds is 13. The van der Waals surface area contributed by atoms with Crippen LogP contribution in [-0.2, 0) is 30.4 Å². The molecule has 0 saturated heterocycles. The van der Waals surface area contributed by atoms with Gasteiger partial charge in [-0.05, 0) is 30.4 Å². The minimum Gasteiger partial charge on any atom is -0.481 e. The summed E-state index contributed by atoms with van der Waals surface area (Å²) < 4.78 is 0. The number of aromatic nitrogens is 1. The number of amides is 3. The van der Waals surface area contributed by atoms with E-state index in [2.05, 4.69) is 20.9 Å². The number of hydrogen-bond donors (Lipinski definition) is 7. The Bertz CT molecular complexity index is 1080. The van der Waals surface area contributed by atoms with Crippen LogP contribution in [0.1, 0.15) is 32.3 Å². The van der Waals surface area contributed by atoms with Gasteiger partial charge in [0.2, 0.25) is 17.7 Å². The number of para-hydroxylation sites is 1. The number of carboxylic acids is 2. The van der Waals surface area contributed by atoms with Gasteiger partial charge in [0.15, 0.2) is 0 Å². The monoisotopic (exact) mass is 489 g/mol. The van der Waals surface area contributed by atoms with Crippen LogP contribution in [0.5, 0.6) is 0 Å². The maximum Gasteiger partial charge on any atom is 0.326 e. The molecule has 3 atom stereocenters. The number of carboxylic acid groups (broad SMARTS) is 2. The highest BCUT2D eigenvalue weighted by Gasteiger charge is 2.29. The van der Waals surface area contributed by atoms with Gasteiger partial charge in [-0.25, -0.2) is 4.79 Å². The van der Waals surface area contributed by atoms with Gasteiger partial charge in [-0.1, -0.05) is 32.0 Å². The average Bonchev–Trinajstić information content (AvgIpc) is 3.18. The lowest BCUT2D eigenvalue weighted by Crippen LogP contribution is -2.54. The molecule has 12 nitrogen and oxygen atoms in total. The zero-order valence-corrected chi connectivity index (χ0v) is 19.5. The number of nitrogens with two attached hydrogens (primary N) is 1. The van der Waals surface area contributed by atoms with E-state index in [0.717, 1.165) is 16.5 Å². The van der Waals surface area contributed by atoms with Gasteiger partial charge in [-0.2, -0.15) is 0 Å². The van der Waals surface area contributed by atoms with Crippen LogP contribution in [0.2, 0.25) is 0 Å². The molecule has 3 amide bonds. The third-order valence-corrected chi connectivity index (χ3v) is 5.23. The van der Waals surface area contributed by atoms with Crippen LogP contribution in [0.15, 0.2) is 30.5 Å². The van der Waals surface area contributed by atoms with E-state index in [1.54, 1.807) is 20.0 Å². The van der Waals surface area contributed by atoms with Crippen LogP contribution in [0.3, 0.4) is 0 Å². The molecule has 0 spiro atoms. The molecule has 2 aromatic rings. The molecule has 2 rings (SSSR count). The molecule has 0 aliphatic rings. The Kier molecular flexibility index (Phi) is 9.76. The van der Waals surface area contributed by atoms with Gasteiger partial charge < -0.3 is 36.9 Å². The van der Waals surface area contributed by atoms with Crippen molar-refractivity contribution in [2.24, 2.45) is 11.7 Å². The van der Waals surface area contributed by atoms with Crippen molar-refractivity contribution in [1.82, 2.24) is 20.9 Å². The molecular weight excluding hydrogens is 458 g/mol. The number of benzene rings is 1. The number of aliphatic carboxylic acids is 2. The molecule has 0 radical (unpaired) electrons. The third-order valence-electron chi connectivity index (χ3n) is 5.23. The van der Waals surface area contributed by atoms with Gasteiger partial charge in [0.1, 0.15) is 12.1 Å². The topological polar surface area (TPSA) is 204 Å². The first-order chi connectivity index (χ1) is 16.5. The number of carbonyl (C=O) groups is 5. The van der Waals surface area contributed by atoms with Gasteiger partial charge >= 0.3 is 11.9 Å². The van der Waals surface area contributed by atoms with Gasteiger partial charge in [-0.3, -0.25) is 19.2 Å². The van der Waals surface area contributed by atoms with Crippen LogP contribution in [0, 0.1) is 5.92 Å². The maximum absolute atomic E-state index is 12.5. The molecule has 35 heavy (non-hydrogen) atoms. The SMILES string of the molecule is CC(C)CC(NC(=O)C(CC(=O)O)NC(=O)CNC(=O)C(N)Cc1c[nH]c2ccccc12)C(=O)O. The van der Waals surface area contributed by atoms with Gasteiger partial charge in [0.25, 0.3) is 0 Å². The Morgan fingerprint density at radius 3 is 2.31 bits per heavy atom. The predicted molar refractivity (Wildman–Crippen MR) is 126 cm³/mol. The van der Waals surface area contributed by atoms with Crippen molar-refractivity contribution in [1.29, 1.82) is 0 Å². The standard InChI is InChI=1S/C23H31N5O7/c1-12(2)7-18(23(34)35)28-22(33)17(9-20(30)31)27-19(29)11-26-21(32)15(24)8-13-10-25-16-6-4-3-5-14(13)16/h3-6,10,12,15,17-18,25H,7-9,11,24H2,1-2H3,(H,26,32)(H,27,29)(H,28,33)(H,30,31)(H,34,35). The predicted octanol–water partition coefficient (Wildman–Crippen LogP) is -0.271. The molecule has 1 heterocycles. The van der Waals surface area contributed by atoms with Gasteiger partial charge in [-0.15, -0.1) is 0 Å². The fraction of sp³-hybridized carbons (Fsp3) is 0.435. The molecule has 1 aromatic carbocycles. The Hall–Kier alpha value is -3.93. The van der Waals surface area contributed by atoms with Crippen LogP contribution in [-0.4, -0.2) is 69.5 Å². The van der Waals surface area contributed by atoms with E-state index in [1.165, 1.54) is 0 Å². The minimum atomic E-state index is -1.52. The highest BCUT2D eigenvalue weighted by atomic mass is 16.4. The molecule has 1 aromatic heterocycles. The fourth-order valence-corrected chi connectivity index (χ4v) is 3.52. The van der Waals surface area contributed by atoms with Crippen molar-refractivity contribution in [2.75, 3.05) is 6.54 Å². The van der Waals surface area contributed by atoms with Gasteiger partial charge in [0, 0.05) is 17.1 Å². The van der Waals surface area contributed by atoms with Crippen molar-refractivity contribution in [3.05, 3.63) is 36.0 Å². The summed E-state index contributed by atoms with van der Waals surface area (Å²) in [6.07, 6.45) is 1.33. The summed E-state index contributed by atoms with van der Waals surface area (Å²) in [6.45, 7) is 2.99. The fourth-order valence-electron chi connectivity index (χ4n) is 3.52. The van der Waals surface area contributed by atoms with Crippen LogP contribution in [0.4, 0.5) is 0 Å². The molecule has 190 valence electrons. The zero-order valence-electron chi connectivity index (χ0n) is 19.5. The van der Waals surface area contributed by atoms with E-state index in [1.807, 2.05) is 24.3 Å². The lowest BCUT2D eigenvalue weighted by atomic mass is 10.0. The lowest BCUT2D eigenvalue weighted by Gasteiger charge is -2.21. The summed E-state index contributed by atoms with van der Waals surface area (Å²) >= 11 is 0. The van der Waals surface area contributed by atoms with Crippen LogP contribution < -0.4 is 21.7 Å². The minimum absolute atomic E-state index is 0.0485. The summed E-state index contributed by atoms with van der Waals surface area (Å²) in [4.78, 5) is 62.8. The maximum atomic E-state index is 12.5. The second-order valence-electron chi connectivity index (χ2n) is 8.63. The number of fused-ring (bicyclic) bond motifs is 1. The number of hydrogen-bond acceptors (Lipinski definition) is 6. The van der Waals surface area contributed by atoms with Crippen molar-refractivity contribution in [3.8, 4) is 0 Å². The number of H-pyrrole nitrogens is 1. The van der Waals surface area contributed by atoms with Crippen molar-refractivity contribution in [3.63, 3.8) is 0 Å². The van der Waals surface area contributed by atoms with Crippen molar-refractivity contribution >= 4 is 40.6 Å². The molecule has 0 aliphatic heterocycles. The third kappa shape index (κ3) is 8.41. The Balaban J connectivity index is 1.92. The largest absolute Gasteiger partial charge is 0.481 e. The van der Waals surface area contributed by atoms with E-state index < -0.39 is 60.8 Å². The van der Waals surface area contributed by atoms with Crippen molar-refractivity contribution < 1.29 is 34.2 Å². The van der Waals surface area contributed by atoms with Crippen molar-refractivity contribution in [2.45, 2.75) is 51.2 Å². The molecule has 0 bridgehead atoms. The Labute approximate surface area is 201 Å². The summed E-state index contributed by atoms with van der Waals surface area (Å²) in [5.41, 5.74) is 7.70. The lowest BCUT2D eigenvalue weighted by molar-refractivity contribution is -0.143.